The fourth-order valence-electron chi connectivity index (χ4n) is 3.69. The molecule has 0 aliphatic carbocycles. The monoisotopic (exact) mass is 396 g/mol. The molecule has 0 saturated heterocycles. The molecule has 0 bridgehead atoms. The lowest BCUT2D eigenvalue weighted by Gasteiger charge is -2.22. The average Bonchev–Trinajstić information content (AvgIpc) is 2.66. The van der Waals surface area contributed by atoms with E-state index >= 15 is 0 Å². The third-order valence-corrected chi connectivity index (χ3v) is 5.12. The number of ether oxygens (including phenoxy) is 1. The summed E-state index contributed by atoms with van der Waals surface area (Å²) in [6.45, 7) is 10.2. The van der Waals surface area contributed by atoms with Crippen LogP contribution in [0.25, 0.3) is 11.1 Å². The summed E-state index contributed by atoms with van der Waals surface area (Å²) in [4.78, 5) is 29.1. The molecule has 0 radical (unpaired) electrons. The molecule has 1 aromatic heterocycles. The van der Waals surface area contributed by atoms with Gasteiger partial charge in [-0.15, -0.1) is 0 Å². The van der Waals surface area contributed by atoms with Crippen molar-refractivity contribution in [2.24, 2.45) is 11.8 Å². The average molecular weight is 397 g/mol. The molecule has 5 heteroatoms. The van der Waals surface area contributed by atoms with Gasteiger partial charge in [-0.3, -0.25) is 14.6 Å². The van der Waals surface area contributed by atoms with Crippen molar-refractivity contribution in [1.29, 1.82) is 0 Å². The number of carbonyl (C=O) groups is 2. The lowest BCUT2D eigenvalue weighted by molar-refractivity contribution is -0.141. The molecular weight excluding hydrogens is 364 g/mol. The van der Waals surface area contributed by atoms with Crippen LogP contribution in [0.15, 0.2) is 36.7 Å². The Bertz CT molecular complexity index is 841. The van der Waals surface area contributed by atoms with Gasteiger partial charge in [-0.25, -0.2) is 0 Å². The fourth-order valence-corrected chi connectivity index (χ4v) is 3.69. The third-order valence-electron chi connectivity index (χ3n) is 5.12. The SMILES string of the molecule is COC(=O)CC(NC(=O)C(C)CC(C)C)c1cncc(-c2c(C)cccc2C)c1. The van der Waals surface area contributed by atoms with E-state index in [-0.39, 0.29) is 24.2 Å². The second kappa shape index (κ2) is 10.2. The van der Waals surface area contributed by atoms with E-state index in [1.807, 2.05) is 25.3 Å². The van der Waals surface area contributed by atoms with Gasteiger partial charge in [0.2, 0.25) is 5.91 Å². The molecule has 2 aromatic rings. The summed E-state index contributed by atoms with van der Waals surface area (Å²) >= 11 is 0. The van der Waals surface area contributed by atoms with Crippen molar-refractivity contribution >= 4 is 11.9 Å². The number of esters is 1. The minimum atomic E-state index is -0.485. The minimum absolute atomic E-state index is 0.0640. The summed E-state index contributed by atoms with van der Waals surface area (Å²) in [7, 11) is 1.36. The number of nitrogens with one attached hydrogen (secondary N) is 1. The summed E-state index contributed by atoms with van der Waals surface area (Å²) in [5.74, 6) is -0.150. The van der Waals surface area contributed by atoms with Gasteiger partial charge >= 0.3 is 5.97 Å². The number of hydrogen-bond acceptors (Lipinski definition) is 4. The second-order valence-electron chi connectivity index (χ2n) is 8.15. The summed E-state index contributed by atoms with van der Waals surface area (Å²) in [5, 5.41) is 3.03. The number of aromatic nitrogens is 1. The van der Waals surface area contributed by atoms with Crippen molar-refractivity contribution in [3.63, 3.8) is 0 Å². The smallest absolute Gasteiger partial charge is 0.307 e. The molecule has 0 aliphatic heterocycles. The van der Waals surface area contributed by atoms with E-state index in [1.165, 1.54) is 7.11 Å². The number of methoxy groups -OCH3 is 1. The highest BCUT2D eigenvalue weighted by Gasteiger charge is 2.23. The molecule has 2 unspecified atom stereocenters. The van der Waals surface area contributed by atoms with Gasteiger partial charge in [0, 0.05) is 23.9 Å². The molecule has 5 nitrogen and oxygen atoms in total. The first-order valence-corrected chi connectivity index (χ1v) is 10.1. The zero-order valence-electron chi connectivity index (χ0n) is 18.3. The van der Waals surface area contributed by atoms with Gasteiger partial charge in [0.1, 0.15) is 0 Å². The summed E-state index contributed by atoms with van der Waals surface area (Å²) in [6, 6.07) is 7.68. The lowest BCUT2D eigenvalue weighted by atomic mass is 9.94. The molecule has 0 saturated carbocycles. The highest BCUT2D eigenvalue weighted by Crippen LogP contribution is 2.29. The number of rotatable bonds is 8. The standard InChI is InChI=1S/C24H32N2O3/c1-15(2)10-18(5)24(28)26-21(12-22(27)29-6)19-11-20(14-25-13-19)23-16(3)8-7-9-17(23)4/h7-9,11,13-15,18,21H,10,12H2,1-6H3,(H,26,28). The van der Waals surface area contributed by atoms with Crippen LogP contribution in [0, 0.1) is 25.7 Å². The second-order valence-corrected chi connectivity index (χ2v) is 8.15. The molecule has 1 amide bonds. The Labute approximate surface area is 173 Å². The third kappa shape index (κ3) is 6.14. The van der Waals surface area contributed by atoms with Crippen LogP contribution in [-0.2, 0) is 14.3 Å². The van der Waals surface area contributed by atoms with Gasteiger partial charge in [0.25, 0.3) is 0 Å². The molecule has 1 N–H and O–H groups in total. The Morgan fingerprint density at radius 3 is 2.34 bits per heavy atom. The number of pyridine rings is 1. The van der Waals surface area contributed by atoms with Crippen LogP contribution >= 0.6 is 0 Å². The summed E-state index contributed by atoms with van der Waals surface area (Å²) < 4.78 is 4.85. The van der Waals surface area contributed by atoms with Crippen LogP contribution in [0.2, 0.25) is 0 Å². The largest absolute Gasteiger partial charge is 0.469 e. The number of carbonyl (C=O) groups excluding carboxylic acids is 2. The van der Waals surface area contributed by atoms with Crippen molar-refractivity contribution in [3.05, 3.63) is 53.3 Å². The van der Waals surface area contributed by atoms with Crippen molar-refractivity contribution in [3.8, 4) is 11.1 Å². The number of nitrogens with zero attached hydrogens (tertiary/aromatic N) is 1. The van der Waals surface area contributed by atoms with Gasteiger partial charge < -0.3 is 10.1 Å². The minimum Gasteiger partial charge on any atom is -0.469 e. The molecule has 2 rings (SSSR count). The zero-order valence-corrected chi connectivity index (χ0v) is 18.3. The predicted octanol–water partition coefficient (Wildman–Crippen LogP) is 4.77. The van der Waals surface area contributed by atoms with Crippen molar-refractivity contribution in [2.45, 2.75) is 53.5 Å². The molecule has 0 spiro atoms. The Morgan fingerprint density at radius 2 is 1.76 bits per heavy atom. The molecule has 0 aliphatic rings. The summed E-state index contributed by atoms with van der Waals surface area (Å²) in [6.07, 6.45) is 4.38. The maximum absolute atomic E-state index is 12.7. The zero-order chi connectivity index (χ0) is 21.6. The fraction of sp³-hybridized carbons (Fsp3) is 0.458. The van der Waals surface area contributed by atoms with Crippen molar-refractivity contribution < 1.29 is 14.3 Å². The van der Waals surface area contributed by atoms with E-state index in [2.05, 4.69) is 50.1 Å². The number of benzene rings is 1. The van der Waals surface area contributed by atoms with Crippen LogP contribution in [0.3, 0.4) is 0 Å². The highest BCUT2D eigenvalue weighted by molar-refractivity contribution is 5.80. The normalized spacial score (nSPS) is 13.1. The first kappa shape index (κ1) is 22.6. The molecule has 29 heavy (non-hydrogen) atoms. The Hall–Kier alpha value is -2.69. The number of hydrogen-bond donors (Lipinski definition) is 1. The van der Waals surface area contributed by atoms with Crippen LogP contribution in [-0.4, -0.2) is 24.0 Å². The van der Waals surface area contributed by atoms with Crippen molar-refractivity contribution in [1.82, 2.24) is 10.3 Å². The van der Waals surface area contributed by atoms with Gasteiger partial charge in [0.05, 0.1) is 19.6 Å². The maximum Gasteiger partial charge on any atom is 0.307 e. The van der Waals surface area contributed by atoms with Crippen LogP contribution in [0.4, 0.5) is 0 Å². The highest BCUT2D eigenvalue weighted by atomic mass is 16.5. The van der Waals surface area contributed by atoms with Gasteiger partial charge in [0.15, 0.2) is 0 Å². The first-order valence-electron chi connectivity index (χ1n) is 10.1. The molecule has 0 fully saturated rings. The quantitative estimate of drug-likeness (QED) is 0.653. The lowest BCUT2D eigenvalue weighted by Crippen LogP contribution is -2.34. The Kier molecular flexibility index (Phi) is 7.94. The molecule has 2 atom stereocenters. The van der Waals surface area contributed by atoms with E-state index in [1.54, 1.807) is 6.20 Å². The van der Waals surface area contributed by atoms with E-state index in [0.29, 0.717) is 5.92 Å². The van der Waals surface area contributed by atoms with E-state index in [4.69, 9.17) is 4.74 Å². The molecule has 1 aromatic carbocycles. The van der Waals surface area contributed by atoms with Gasteiger partial charge in [-0.2, -0.15) is 0 Å². The van der Waals surface area contributed by atoms with Crippen LogP contribution < -0.4 is 5.32 Å². The topological polar surface area (TPSA) is 68.3 Å². The van der Waals surface area contributed by atoms with E-state index < -0.39 is 6.04 Å². The molecule has 156 valence electrons. The van der Waals surface area contributed by atoms with Gasteiger partial charge in [-0.1, -0.05) is 39.0 Å². The first-order chi connectivity index (χ1) is 13.7. The Morgan fingerprint density at radius 1 is 1.10 bits per heavy atom. The summed E-state index contributed by atoms with van der Waals surface area (Å²) in [5.41, 5.74) is 5.20. The van der Waals surface area contributed by atoms with E-state index in [9.17, 15) is 9.59 Å². The Balaban J connectivity index is 2.36. The van der Waals surface area contributed by atoms with Gasteiger partial charge in [-0.05, 0) is 54.5 Å². The maximum atomic E-state index is 12.7. The predicted molar refractivity (Wildman–Crippen MR) is 115 cm³/mol. The number of aryl methyl sites for hydroxylation is 2. The number of amides is 1. The van der Waals surface area contributed by atoms with Crippen molar-refractivity contribution in [2.75, 3.05) is 7.11 Å². The van der Waals surface area contributed by atoms with Crippen LogP contribution in [0.5, 0.6) is 0 Å². The van der Waals surface area contributed by atoms with E-state index in [0.717, 1.165) is 34.2 Å². The molecule has 1 heterocycles. The molecular formula is C24H32N2O3. The van der Waals surface area contributed by atoms with Crippen LogP contribution in [0.1, 0.15) is 56.3 Å².